The number of carbonyl (C=O) groups excluding carboxylic acids is 1. The van der Waals surface area contributed by atoms with Crippen LogP contribution in [-0.4, -0.2) is 52.2 Å². The third-order valence-corrected chi connectivity index (χ3v) is 4.40. The lowest BCUT2D eigenvalue weighted by molar-refractivity contribution is -0.189. The van der Waals surface area contributed by atoms with Crippen molar-refractivity contribution in [2.24, 2.45) is 0 Å². The Hall–Kier alpha value is -2.53. The molecule has 28 heavy (non-hydrogen) atoms. The van der Waals surface area contributed by atoms with E-state index in [1.165, 1.54) is 0 Å². The van der Waals surface area contributed by atoms with Crippen LogP contribution in [-0.2, 0) is 17.5 Å². The average molecular weight is 416 g/mol. The highest BCUT2D eigenvalue weighted by Crippen LogP contribution is 2.34. The van der Waals surface area contributed by atoms with E-state index in [0.29, 0.717) is 12.1 Å². The van der Waals surface area contributed by atoms with Gasteiger partial charge in [0.05, 0.1) is 5.56 Å². The first-order chi connectivity index (χ1) is 12.8. The minimum absolute atomic E-state index is 0.151. The standard InChI is InChI=1S/C16H15F7N2O3/c17-10-2-1-9(12(7-10)15(18,19)20)8-25(13(26)16(21,22)23)11-3-5-24(6-4-11)14(27)28/h1-2,7,11H,3-6,8H2,(H,27,28). The maximum Gasteiger partial charge on any atom is 0.471 e. The molecule has 156 valence electrons. The Bertz CT molecular complexity index is 741. The van der Waals surface area contributed by atoms with Crippen molar-refractivity contribution >= 4 is 12.0 Å². The molecule has 1 aliphatic rings. The lowest BCUT2D eigenvalue weighted by atomic mass is 10.0. The van der Waals surface area contributed by atoms with Crippen LogP contribution in [0.2, 0.25) is 0 Å². The molecule has 0 atom stereocenters. The van der Waals surface area contributed by atoms with Crippen LogP contribution in [0.15, 0.2) is 18.2 Å². The molecular weight excluding hydrogens is 401 g/mol. The van der Waals surface area contributed by atoms with Gasteiger partial charge in [-0.25, -0.2) is 9.18 Å². The van der Waals surface area contributed by atoms with Gasteiger partial charge in [-0.05, 0) is 30.5 Å². The quantitative estimate of drug-likeness (QED) is 0.761. The van der Waals surface area contributed by atoms with Crippen LogP contribution >= 0.6 is 0 Å². The van der Waals surface area contributed by atoms with E-state index in [1.54, 1.807) is 0 Å². The second-order valence-electron chi connectivity index (χ2n) is 6.23. The lowest BCUT2D eigenvalue weighted by Gasteiger charge is -2.38. The van der Waals surface area contributed by atoms with Gasteiger partial charge in [0, 0.05) is 25.7 Å². The van der Waals surface area contributed by atoms with Crippen LogP contribution in [0.1, 0.15) is 24.0 Å². The van der Waals surface area contributed by atoms with E-state index in [-0.39, 0.29) is 36.9 Å². The Morgan fingerprint density at radius 1 is 1.11 bits per heavy atom. The maximum atomic E-state index is 13.2. The molecule has 5 nitrogen and oxygen atoms in total. The molecule has 2 amide bonds. The number of benzene rings is 1. The minimum Gasteiger partial charge on any atom is -0.465 e. The SMILES string of the molecule is O=C(O)N1CCC(N(Cc2ccc(F)cc2C(F)(F)F)C(=O)C(F)(F)F)CC1. The topological polar surface area (TPSA) is 60.9 Å². The van der Waals surface area contributed by atoms with Crippen LogP contribution in [0.25, 0.3) is 0 Å². The summed E-state index contributed by atoms with van der Waals surface area (Å²) < 4.78 is 91.6. The van der Waals surface area contributed by atoms with Crippen LogP contribution in [0, 0.1) is 5.82 Å². The van der Waals surface area contributed by atoms with E-state index in [1.807, 2.05) is 0 Å². The summed E-state index contributed by atoms with van der Waals surface area (Å²) in [6.07, 6.45) is -12.0. The third-order valence-electron chi connectivity index (χ3n) is 4.40. The summed E-state index contributed by atoms with van der Waals surface area (Å²) >= 11 is 0. The fourth-order valence-electron chi connectivity index (χ4n) is 3.03. The second kappa shape index (κ2) is 7.84. The number of piperidine rings is 1. The summed E-state index contributed by atoms with van der Waals surface area (Å²) in [5.74, 6) is -3.56. The van der Waals surface area contributed by atoms with E-state index in [4.69, 9.17) is 5.11 Å². The van der Waals surface area contributed by atoms with Crippen molar-refractivity contribution in [2.45, 2.75) is 37.8 Å². The number of nitrogens with zero attached hydrogens (tertiary/aromatic N) is 2. The molecular formula is C16H15F7N2O3. The molecule has 1 aromatic rings. The molecule has 1 aliphatic heterocycles. The van der Waals surface area contributed by atoms with Crippen molar-refractivity contribution in [3.8, 4) is 0 Å². The molecule has 0 saturated carbocycles. The molecule has 1 fully saturated rings. The number of likely N-dealkylation sites (tertiary alicyclic amines) is 1. The zero-order valence-corrected chi connectivity index (χ0v) is 14.1. The first-order valence-electron chi connectivity index (χ1n) is 8.02. The smallest absolute Gasteiger partial charge is 0.465 e. The van der Waals surface area contributed by atoms with Gasteiger partial charge >= 0.3 is 24.4 Å². The summed E-state index contributed by atoms with van der Waals surface area (Å²) in [7, 11) is 0. The van der Waals surface area contributed by atoms with Crippen molar-refractivity contribution in [1.82, 2.24) is 9.80 Å². The fraction of sp³-hybridized carbons (Fsp3) is 0.500. The van der Waals surface area contributed by atoms with Crippen molar-refractivity contribution in [1.29, 1.82) is 0 Å². The van der Waals surface area contributed by atoms with E-state index < -0.39 is 53.9 Å². The Kier molecular flexibility index (Phi) is 6.09. The van der Waals surface area contributed by atoms with Gasteiger partial charge in [-0.2, -0.15) is 26.3 Å². The van der Waals surface area contributed by atoms with Crippen LogP contribution in [0.5, 0.6) is 0 Å². The first-order valence-corrected chi connectivity index (χ1v) is 8.02. The number of alkyl halides is 6. The predicted octanol–water partition coefficient (Wildman–Crippen LogP) is 3.88. The average Bonchev–Trinajstić information content (AvgIpc) is 2.58. The fourth-order valence-corrected chi connectivity index (χ4v) is 3.03. The van der Waals surface area contributed by atoms with Gasteiger partial charge in [-0.3, -0.25) is 4.79 Å². The maximum absolute atomic E-state index is 13.2. The number of amides is 2. The van der Waals surface area contributed by atoms with Gasteiger partial charge < -0.3 is 14.9 Å². The molecule has 0 radical (unpaired) electrons. The molecule has 0 spiro atoms. The zero-order chi connectivity index (χ0) is 21.3. The van der Waals surface area contributed by atoms with Crippen molar-refractivity contribution in [3.63, 3.8) is 0 Å². The monoisotopic (exact) mass is 416 g/mol. The molecule has 1 aromatic carbocycles. The van der Waals surface area contributed by atoms with Gasteiger partial charge in [0.2, 0.25) is 0 Å². The largest absolute Gasteiger partial charge is 0.471 e. The van der Waals surface area contributed by atoms with Gasteiger partial charge in [0.15, 0.2) is 0 Å². The first kappa shape index (κ1) is 21.8. The normalized spacial score (nSPS) is 16.2. The highest BCUT2D eigenvalue weighted by molar-refractivity contribution is 5.82. The molecule has 0 unspecified atom stereocenters. The highest BCUT2D eigenvalue weighted by atomic mass is 19.4. The molecule has 12 heteroatoms. The van der Waals surface area contributed by atoms with Gasteiger partial charge in [0.25, 0.3) is 0 Å². The Balaban J connectivity index is 2.35. The molecule has 0 bridgehead atoms. The third kappa shape index (κ3) is 5.04. The van der Waals surface area contributed by atoms with E-state index in [2.05, 4.69) is 0 Å². The summed E-state index contributed by atoms with van der Waals surface area (Å²) in [6.45, 7) is -1.38. The second-order valence-corrected chi connectivity index (χ2v) is 6.23. The molecule has 1 heterocycles. The molecule has 2 rings (SSSR count). The van der Waals surface area contributed by atoms with Gasteiger partial charge in [-0.15, -0.1) is 0 Å². The van der Waals surface area contributed by atoms with Crippen molar-refractivity contribution < 1.29 is 45.4 Å². The number of hydrogen-bond acceptors (Lipinski definition) is 2. The minimum atomic E-state index is -5.33. The highest BCUT2D eigenvalue weighted by Gasteiger charge is 2.46. The number of rotatable bonds is 3. The number of carbonyl (C=O) groups is 2. The molecule has 1 saturated heterocycles. The number of carboxylic acid groups (broad SMARTS) is 1. The van der Waals surface area contributed by atoms with Gasteiger partial charge in [-0.1, -0.05) is 6.07 Å². The molecule has 1 N–H and O–H groups in total. The van der Waals surface area contributed by atoms with Crippen LogP contribution < -0.4 is 0 Å². The Labute approximate surface area is 154 Å². The predicted molar refractivity (Wildman–Crippen MR) is 80.6 cm³/mol. The Morgan fingerprint density at radius 2 is 1.68 bits per heavy atom. The van der Waals surface area contributed by atoms with Gasteiger partial charge in [0.1, 0.15) is 5.82 Å². The van der Waals surface area contributed by atoms with E-state index in [9.17, 15) is 40.3 Å². The van der Waals surface area contributed by atoms with Crippen LogP contribution in [0.3, 0.4) is 0 Å². The summed E-state index contributed by atoms with van der Waals surface area (Å²) in [5, 5.41) is 8.89. The molecule has 0 aliphatic carbocycles. The summed E-state index contributed by atoms with van der Waals surface area (Å²) in [6, 6.07) is 0.379. The van der Waals surface area contributed by atoms with Crippen molar-refractivity contribution in [2.75, 3.05) is 13.1 Å². The number of halogens is 7. The summed E-state index contributed by atoms with van der Waals surface area (Å²) in [4.78, 5) is 23.9. The van der Waals surface area contributed by atoms with Crippen LogP contribution in [0.4, 0.5) is 35.5 Å². The summed E-state index contributed by atoms with van der Waals surface area (Å²) in [5.41, 5.74) is -2.16. The molecule has 0 aromatic heterocycles. The lowest BCUT2D eigenvalue weighted by Crippen LogP contribution is -2.51. The number of hydrogen-bond donors (Lipinski definition) is 1. The van der Waals surface area contributed by atoms with E-state index in [0.717, 1.165) is 4.90 Å². The van der Waals surface area contributed by atoms with Crippen molar-refractivity contribution in [3.05, 3.63) is 35.1 Å². The Morgan fingerprint density at radius 3 is 2.14 bits per heavy atom. The zero-order valence-electron chi connectivity index (χ0n) is 14.1. The van der Waals surface area contributed by atoms with E-state index >= 15 is 0 Å².